The highest BCUT2D eigenvalue weighted by Gasteiger charge is 2.36. The Kier molecular flexibility index (Phi) is 3.87. The third-order valence-corrected chi connectivity index (χ3v) is 4.30. The van der Waals surface area contributed by atoms with Crippen molar-refractivity contribution in [1.29, 1.82) is 0 Å². The molecule has 1 aliphatic rings. The Morgan fingerprint density at radius 2 is 2.00 bits per heavy atom. The summed E-state index contributed by atoms with van der Waals surface area (Å²) in [5.74, 6) is 0.461. The van der Waals surface area contributed by atoms with E-state index in [1.165, 1.54) is 6.33 Å². The molecule has 1 saturated heterocycles. The molecule has 0 bridgehead atoms. The van der Waals surface area contributed by atoms with Gasteiger partial charge in [-0.15, -0.1) is 0 Å². The summed E-state index contributed by atoms with van der Waals surface area (Å²) in [7, 11) is 0. The van der Waals surface area contributed by atoms with Gasteiger partial charge in [0.25, 0.3) is 0 Å². The van der Waals surface area contributed by atoms with Crippen molar-refractivity contribution in [1.82, 2.24) is 29.6 Å². The number of piperidine rings is 1. The summed E-state index contributed by atoms with van der Waals surface area (Å²) < 4.78 is 1.62. The first-order chi connectivity index (χ1) is 10.6. The van der Waals surface area contributed by atoms with Crippen molar-refractivity contribution in [3.05, 3.63) is 36.9 Å². The molecule has 1 aliphatic heterocycles. The summed E-state index contributed by atoms with van der Waals surface area (Å²) in [6.45, 7) is 5.22. The zero-order valence-corrected chi connectivity index (χ0v) is 12.9. The van der Waals surface area contributed by atoms with E-state index in [1.54, 1.807) is 23.4 Å². The van der Waals surface area contributed by atoms with Gasteiger partial charge in [0.2, 0.25) is 5.91 Å². The molecule has 2 aromatic heterocycles. The van der Waals surface area contributed by atoms with Crippen LogP contribution in [0.5, 0.6) is 0 Å². The lowest BCUT2D eigenvalue weighted by molar-refractivity contribution is -0.140. The van der Waals surface area contributed by atoms with Crippen LogP contribution in [-0.2, 0) is 10.3 Å². The average Bonchev–Trinajstić information content (AvgIpc) is 3.10. The van der Waals surface area contributed by atoms with Gasteiger partial charge in [-0.25, -0.2) is 9.67 Å². The van der Waals surface area contributed by atoms with Crippen molar-refractivity contribution in [2.24, 2.45) is 0 Å². The molecule has 3 heterocycles. The van der Waals surface area contributed by atoms with Crippen LogP contribution in [0.4, 0.5) is 0 Å². The number of hydrogen-bond acceptors (Lipinski definition) is 5. The number of nitrogens with zero attached hydrogens (tertiary/aromatic N) is 6. The molecule has 0 saturated carbocycles. The maximum Gasteiger partial charge on any atom is 0.250 e. The first-order valence-corrected chi connectivity index (χ1v) is 7.49. The van der Waals surface area contributed by atoms with Gasteiger partial charge in [-0.2, -0.15) is 5.10 Å². The molecule has 7 heteroatoms. The van der Waals surface area contributed by atoms with Gasteiger partial charge < -0.3 is 4.90 Å². The third kappa shape index (κ3) is 2.70. The predicted octanol–water partition coefficient (Wildman–Crippen LogP) is 1.21. The monoisotopic (exact) mass is 300 g/mol. The van der Waals surface area contributed by atoms with Gasteiger partial charge in [0.1, 0.15) is 18.2 Å². The highest BCUT2D eigenvalue weighted by molar-refractivity contribution is 5.83. The molecule has 116 valence electrons. The van der Waals surface area contributed by atoms with Crippen LogP contribution in [0.2, 0.25) is 0 Å². The smallest absolute Gasteiger partial charge is 0.250 e. The third-order valence-electron chi connectivity index (χ3n) is 4.30. The minimum atomic E-state index is -0.712. The van der Waals surface area contributed by atoms with Crippen LogP contribution >= 0.6 is 0 Å². The molecule has 0 aliphatic carbocycles. The Bertz CT molecular complexity index is 617. The number of hydrogen-bond donors (Lipinski definition) is 0. The summed E-state index contributed by atoms with van der Waals surface area (Å²) in [6, 6.07) is 0. The molecule has 7 nitrogen and oxygen atoms in total. The number of carbonyl (C=O) groups excluding carboxylic acids is 1. The maximum atomic E-state index is 12.8. The molecule has 1 amide bonds. The fourth-order valence-electron chi connectivity index (χ4n) is 2.88. The van der Waals surface area contributed by atoms with Crippen LogP contribution in [0, 0.1) is 0 Å². The average molecular weight is 300 g/mol. The number of rotatable bonds is 3. The van der Waals surface area contributed by atoms with Crippen LogP contribution in [-0.4, -0.2) is 48.6 Å². The minimum absolute atomic E-state index is 0.0793. The molecule has 1 fully saturated rings. The van der Waals surface area contributed by atoms with E-state index in [4.69, 9.17) is 0 Å². The van der Waals surface area contributed by atoms with E-state index in [2.05, 4.69) is 20.1 Å². The zero-order valence-electron chi connectivity index (χ0n) is 12.9. The molecule has 0 radical (unpaired) electrons. The van der Waals surface area contributed by atoms with E-state index < -0.39 is 5.54 Å². The topological polar surface area (TPSA) is 76.8 Å². The summed E-state index contributed by atoms with van der Waals surface area (Å²) in [4.78, 5) is 27.1. The SMILES string of the molecule is CC(C)(C(=O)N1CCC(c2cnccn2)CC1)n1cncn1. The molecular formula is C15H20N6O. The lowest BCUT2D eigenvalue weighted by Gasteiger charge is -2.36. The van der Waals surface area contributed by atoms with E-state index in [9.17, 15) is 4.79 Å². The second-order valence-electron chi connectivity index (χ2n) is 6.10. The van der Waals surface area contributed by atoms with Crippen molar-refractivity contribution >= 4 is 5.91 Å². The minimum Gasteiger partial charge on any atom is -0.341 e. The normalized spacial score (nSPS) is 16.7. The standard InChI is InChI=1S/C15H20N6O/c1-15(2,21-11-17-10-19-21)14(22)20-7-3-12(4-8-20)13-9-16-5-6-18-13/h5-6,9-12H,3-4,7-8H2,1-2H3. The predicted molar refractivity (Wildman–Crippen MR) is 79.9 cm³/mol. The summed E-state index contributed by atoms with van der Waals surface area (Å²) in [5.41, 5.74) is 0.306. The first-order valence-electron chi connectivity index (χ1n) is 7.49. The Morgan fingerprint density at radius 3 is 2.59 bits per heavy atom. The Labute approximate surface area is 129 Å². The Balaban J connectivity index is 1.65. The van der Waals surface area contributed by atoms with Gasteiger partial charge in [0, 0.05) is 37.6 Å². The molecule has 0 unspecified atom stereocenters. The zero-order chi connectivity index (χ0) is 15.6. The van der Waals surface area contributed by atoms with E-state index in [0.717, 1.165) is 31.6 Å². The molecule has 0 N–H and O–H groups in total. The summed E-state index contributed by atoms with van der Waals surface area (Å²) >= 11 is 0. The van der Waals surface area contributed by atoms with Crippen molar-refractivity contribution in [2.45, 2.75) is 38.1 Å². The molecule has 3 rings (SSSR count). The fourth-order valence-corrected chi connectivity index (χ4v) is 2.88. The van der Waals surface area contributed by atoms with Crippen LogP contribution in [0.15, 0.2) is 31.2 Å². The molecule has 0 aromatic carbocycles. The Hall–Kier alpha value is -2.31. The number of aromatic nitrogens is 5. The van der Waals surface area contributed by atoms with Crippen LogP contribution in [0.3, 0.4) is 0 Å². The van der Waals surface area contributed by atoms with Crippen molar-refractivity contribution in [3.8, 4) is 0 Å². The van der Waals surface area contributed by atoms with Crippen molar-refractivity contribution in [3.63, 3.8) is 0 Å². The quantitative estimate of drug-likeness (QED) is 0.851. The Morgan fingerprint density at radius 1 is 1.23 bits per heavy atom. The first kappa shape index (κ1) is 14.6. The lowest BCUT2D eigenvalue weighted by Crippen LogP contribution is -2.49. The summed E-state index contributed by atoms with van der Waals surface area (Å²) in [6.07, 6.45) is 10.1. The van der Waals surface area contributed by atoms with Crippen LogP contribution in [0.1, 0.15) is 38.3 Å². The van der Waals surface area contributed by atoms with Gasteiger partial charge in [0.15, 0.2) is 0 Å². The van der Waals surface area contributed by atoms with Gasteiger partial charge in [-0.1, -0.05) is 0 Å². The summed E-state index contributed by atoms with van der Waals surface area (Å²) in [5, 5.41) is 4.11. The molecule has 0 spiro atoms. The van der Waals surface area contributed by atoms with Crippen molar-refractivity contribution < 1.29 is 4.79 Å². The lowest BCUT2D eigenvalue weighted by atomic mass is 9.92. The number of likely N-dealkylation sites (tertiary alicyclic amines) is 1. The van der Waals surface area contributed by atoms with E-state index >= 15 is 0 Å². The maximum absolute atomic E-state index is 12.8. The van der Waals surface area contributed by atoms with E-state index in [-0.39, 0.29) is 5.91 Å². The highest BCUT2D eigenvalue weighted by atomic mass is 16.2. The highest BCUT2D eigenvalue weighted by Crippen LogP contribution is 2.28. The van der Waals surface area contributed by atoms with Crippen LogP contribution < -0.4 is 0 Å². The second-order valence-corrected chi connectivity index (χ2v) is 6.10. The molecule has 0 atom stereocenters. The van der Waals surface area contributed by atoms with Crippen LogP contribution in [0.25, 0.3) is 0 Å². The van der Waals surface area contributed by atoms with Crippen molar-refractivity contribution in [2.75, 3.05) is 13.1 Å². The van der Waals surface area contributed by atoms with E-state index in [1.807, 2.05) is 24.9 Å². The second kappa shape index (κ2) is 5.82. The van der Waals surface area contributed by atoms with Gasteiger partial charge >= 0.3 is 0 Å². The molecule has 22 heavy (non-hydrogen) atoms. The number of amides is 1. The fraction of sp³-hybridized carbons (Fsp3) is 0.533. The van der Waals surface area contributed by atoms with Gasteiger partial charge in [0.05, 0.1) is 5.69 Å². The largest absolute Gasteiger partial charge is 0.341 e. The van der Waals surface area contributed by atoms with Gasteiger partial charge in [-0.3, -0.25) is 14.8 Å². The molecular weight excluding hydrogens is 280 g/mol. The number of carbonyl (C=O) groups is 1. The molecule has 2 aromatic rings. The van der Waals surface area contributed by atoms with E-state index in [0.29, 0.717) is 5.92 Å². The van der Waals surface area contributed by atoms with Gasteiger partial charge in [-0.05, 0) is 26.7 Å².